The maximum atomic E-state index is 5.56. The molecule has 128 valence electrons. The SMILES string of the molecule is CCNC(=NCc1scnc1C)NCCc1ccc2c(c1)CCO2. The molecule has 6 heteroatoms. The van der Waals surface area contributed by atoms with Gasteiger partial charge in [-0.2, -0.15) is 0 Å². The van der Waals surface area contributed by atoms with Crippen molar-refractivity contribution >= 4 is 17.3 Å². The Bertz CT molecular complexity index is 711. The van der Waals surface area contributed by atoms with E-state index in [-0.39, 0.29) is 0 Å². The Morgan fingerprint density at radius 3 is 3.08 bits per heavy atom. The van der Waals surface area contributed by atoms with Crippen molar-refractivity contribution in [2.75, 3.05) is 19.7 Å². The minimum Gasteiger partial charge on any atom is -0.493 e. The largest absolute Gasteiger partial charge is 0.493 e. The number of aromatic nitrogens is 1. The van der Waals surface area contributed by atoms with E-state index >= 15 is 0 Å². The second-order valence-electron chi connectivity index (χ2n) is 5.77. The molecule has 0 spiro atoms. The van der Waals surface area contributed by atoms with Gasteiger partial charge in [0.25, 0.3) is 0 Å². The van der Waals surface area contributed by atoms with Crippen LogP contribution >= 0.6 is 11.3 Å². The average molecular weight is 344 g/mol. The Morgan fingerprint density at radius 2 is 2.29 bits per heavy atom. The molecule has 0 bridgehead atoms. The molecule has 1 aromatic heterocycles. The highest BCUT2D eigenvalue weighted by Crippen LogP contribution is 2.25. The molecule has 0 atom stereocenters. The summed E-state index contributed by atoms with van der Waals surface area (Å²) >= 11 is 1.66. The smallest absolute Gasteiger partial charge is 0.191 e. The van der Waals surface area contributed by atoms with E-state index in [0.717, 1.165) is 49.9 Å². The molecule has 2 aromatic rings. The molecule has 1 aliphatic heterocycles. The molecule has 0 saturated heterocycles. The van der Waals surface area contributed by atoms with Crippen LogP contribution in [0.25, 0.3) is 0 Å². The lowest BCUT2D eigenvalue weighted by Gasteiger charge is -2.11. The van der Waals surface area contributed by atoms with E-state index in [9.17, 15) is 0 Å². The first-order chi connectivity index (χ1) is 11.8. The number of thiazole rings is 1. The number of nitrogens with one attached hydrogen (secondary N) is 2. The third-order valence-corrected chi connectivity index (χ3v) is 4.95. The van der Waals surface area contributed by atoms with Crippen LogP contribution in [0.3, 0.4) is 0 Å². The molecule has 0 amide bonds. The molecule has 3 rings (SSSR count). The number of benzene rings is 1. The summed E-state index contributed by atoms with van der Waals surface area (Å²) in [6.45, 7) is 7.29. The van der Waals surface area contributed by atoms with E-state index in [1.807, 2.05) is 12.4 Å². The summed E-state index contributed by atoms with van der Waals surface area (Å²) in [6, 6.07) is 6.49. The summed E-state index contributed by atoms with van der Waals surface area (Å²) in [6.07, 6.45) is 1.99. The third-order valence-electron chi connectivity index (χ3n) is 4.03. The van der Waals surface area contributed by atoms with E-state index in [1.165, 1.54) is 16.0 Å². The topological polar surface area (TPSA) is 58.5 Å². The molecule has 0 aliphatic carbocycles. The van der Waals surface area contributed by atoms with E-state index in [1.54, 1.807) is 11.3 Å². The van der Waals surface area contributed by atoms with Gasteiger partial charge >= 0.3 is 0 Å². The van der Waals surface area contributed by atoms with Gasteiger partial charge in [0.15, 0.2) is 5.96 Å². The number of aliphatic imine (C=N–C) groups is 1. The van der Waals surface area contributed by atoms with Crippen molar-refractivity contribution in [1.82, 2.24) is 15.6 Å². The van der Waals surface area contributed by atoms with Crippen molar-refractivity contribution < 1.29 is 4.74 Å². The highest BCUT2D eigenvalue weighted by Gasteiger charge is 2.11. The van der Waals surface area contributed by atoms with Crippen LogP contribution in [0, 0.1) is 6.92 Å². The van der Waals surface area contributed by atoms with Crippen LogP contribution < -0.4 is 15.4 Å². The number of rotatable bonds is 6. The fourth-order valence-corrected chi connectivity index (χ4v) is 3.39. The van der Waals surface area contributed by atoms with Crippen molar-refractivity contribution in [1.29, 1.82) is 0 Å². The van der Waals surface area contributed by atoms with Gasteiger partial charge in [0.1, 0.15) is 5.75 Å². The number of hydrogen-bond acceptors (Lipinski definition) is 4. The third kappa shape index (κ3) is 4.26. The zero-order chi connectivity index (χ0) is 16.8. The standard InChI is InChI=1S/C18H24N4OS/c1-3-19-18(21-11-17-13(2)22-12-24-17)20-8-6-14-4-5-16-15(10-14)7-9-23-16/h4-5,10,12H,3,6-9,11H2,1-2H3,(H2,19,20,21). The Labute approximate surface area is 147 Å². The second kappa shape index (κ2) is 8.15. The lowest BCUT2D eigenvalue weighted by molar-refractivity contribution is 0.357. The number of hydrogen-bond donors (Lipinski definition) is 2. The first-order valence-corrected chi connectivity index (χ1v) is 9.30. The van der Waals surface area contributed by atoms with Gasteiger partial charge in [-0.3, -0.25) is 0 Å². The molecule has 5 nitrogen and oxygen atoms in total. The van der Waals surface area contributed by atoms with Crippen molar-refractivity contribution in [2.45, 2.75) is 33.2 Å². The number of fused-ring (bicyclic) bond motifs is 1. The summed E-state index contributed by atoms with van der Waals surface area (Å²) in [5.74, 6) is 1.90. The minimum atomic E-state index is 0.669. The summed E-state index contributed by atoms with van der Waals surface area (Å²) in [5.41, 5.74) is 5.60. The van der Waals surface area contributed by atoms with Gasteiger partial charge in [0, 0.05) is 24.4 Å². The normalized spacial score (nSPS) is 13.5. The van der Waals surface area contributed by atoms with Crippen LogP contribution in [0.5, 0.6) is 5.75 Å². The fourth-order valence-electron chi connectivity index (χ4n) is 2.69. The molecule has 1 aliphatic rings. The summed E-state index contributed by atoms with van der Waals surface area (Å²) in [4.78, 5) is 10.1. The predicted octanol–water partition coefficient (Wildman–Crippen LogP) is 2.68. The lowest BCUT2D eigenvalue weighted by atomic mass is 10.1. The second-order valence-corrected chi connectivity index (χ2v) is 6.71. The molecule has 24 heavy (non-hydrogen) atoms. The monoisotopic (exact) mass is 344 g/mol. The number of ether oxygens (including phenoxy) is 1. The minimum absolute atomic E-state index is 0.669. The van der Waals surface area contributed by atoms with E-state index < -0.39 is 0 Å². The summed E-state index contributed by atoms with van der Waals surface area (Å²) in [7, 11) is 0. The Balaban J connectivity index is 1.53. The van der Waals surface area contributed by atoms with Crippen LogP contribution in [-0.2, 0) is 19.4 Å². The van der Waals surface area contributed by atoms with Crippen molar-refractivity contribution in [3.05, 3.63) is 45.4 Å². The predicted molar refractivity (Wildman–Crippen MR) is 99.0 cm³/mol. The van der Waals surface area contributed by atoms with E-state index in [0.29, 0.717) is 6.54 Å². The van der Waals surface area contributed by atoms with E-state index in [2.05, 4.69) is 45.7 Å². The number of aryl methyl sites for hydroxylation is 1. The zero-order valence-corrected chi connectivity index (χ0v) is 15.1. The van der Waals surface area contributed by atoms with Gasteiger partial charge in [0.2, 0.25) is 0 Å². The molecular weight excluding hydrogens is 320 g/mol. The molecule has 0 fully saturated rings. The van der Waals surface area contributed by atoms with Gasteiger partial charge in [-0.15, -0.1) is 11.3 Å². The maximum Gasteiger partial charge on any atom is 0.191 e. The Morgan fingerprint density at radius 1 is 1.38 bits per heavy atom. The lowest BCUT2D eigenvalue weighted by Crippen LogP contribution is -2.38. The van der Waals surface area contributed by atoms with E-state index in [4.69, 9.17) is 4.74 Å². The van der Waals surface area contributed by atoms with Crippen LogP contribution in [0.1, 0.15) is 28.6 Å². The fraction of sp³-hybridized carbons (Fsp3) is 0.444. The highest BCUT2D eigenvalue weighted by molar-refractivity contribution is 7.09. The molecule has 0 saturated carbocycles. The van der Waals surface area contributed by atoms with Crippen LogP contribution in [-0.4, -0.2) is 30.6 Å². The molecule has 2 heterocycles. The molecule has 2 N–H and O–H groups in total. The van der Waals surface area contributed by atoms with Gasteiger partial charge in [0.05, 0.1) is 24.4 Å². The molecule has 0 radical (unpaired) electrons. The van der Waals surface area contributed by atoms with Crippen molar-refractivity contribution in [3.63, 3.8) is 0 Å². The van der Waals surface area contributed by atoms with Crippen molar-refractivity contribution in [2.24, 2.45) is 4.99 Å². The summed E-state index contributed by atoms with van der Waals surface area (Å²) in [5, 5.41) is 6.71. The Hall–Kier alpha value is -2.08. The first kappa shape index (κ1) is 16.8. The first-order valence-electron chi connectivity index (χ1n) is 8.42. The quantitative estimate of drug-likeness (QED) is 0.625. The molecule has 0 unspecified atom stereocenters. The Kier molecular flexibility index (Phi) is 5.69. The van der Waals surface area contributed by atoms with Crippen LogP contribution in [0.15, 0.2) is 28.7 Å². The summed E-state index contributed by atoms with van der Waals surface area (Å²) < 4.78 is 5.56. The molecule has 1 aromatic carbocycles. The van der Waals surface area contributed by atoms with Gasteiger partial charge in [-0.1, -0.05) is 12.1 Å². The molecular formula is C18H24N4OS. The zero-order valence-electron chi connectivity index (χ0n) is 14.3. The maximum absolute atomic E-state index is 5.56. The number of guanidine groups is 1. The van der Waals surface area contributed by atoms with Crippen LogP contribution in [0.4, 0.5) is 0 Å². The van der Waals surface area contributed by atoms with Crippen molar-refractivity contribution in [3.8, 4) is 5.75 Å². The average Bonchev–Trinajstić information content (AvgIpc) is 3.21. The number of nitrogens with zero attached hydrogens (tertiary/aromatic N) is 2. The van der Waals surface area contributed by atoms with Gasteiger partial charge in [-0.05, 0) is 37.5 Å². The van der Waals surface area contributed by atoms with Crippen LogP contribution in [0.2, 0.25) is 0 Å². The highest BCUT2D eigenvalue weighted by atomic mass is 32.1. The van der Waals surface area contributed by atoms with Gasteiger partial charge < -0.3 is 15.4 Å². The van der Waals surface area contributed by atoms with Gasteiger partial charge in [-0.25, -0.2) is 9.98 Å².